The topological polar surface area (TPSA) is 63.4 Å². The van der Waals surface area contributed by atoms with E-state index in [2.05, 4.69) is 0 Å². The molecule has 0 unspecified atom stereocenters. The summed E-state index contributed by atoms with van der Waals surface area (Å²) in [5.74, 6) is -0.955. The van der Waals surface area contributed by atoms with Gasteiger partial charge in [-0.25, -0.2) is 12.8 Å². The zero-order valence-corrected chi connectivity index (χ0v) is 11.9. The van der Waals surface area contributed by atoms with Crippen molar-refractivity contribution in [1.82, 2.24) is 4.31 Å². The Morgan fingerprint density at radius 3 is 2.74 bits per heavy atom. The minimum Gasteiger partial charge on any atom is -0.399 e. The number of rotatable bonds is 2. The minimum absolute atomic E-state index is 0.120. The van der Waals surface area contributed by atoms with Crippen molar-refractivity contribution in [2.75, 3.05) is 18.8 Å². The molecule has 4 nitrogen and oxygen atoms in total. The van der Waals surface area contributed by atoms with Crippen LogP contribution in [0.3, 0.4) is 0 Å². The normalized spacial score (nSPS) is 17.3. The fourth-order valence-corrected chi connectivity index (χ4v) is 3.90. The molecule has 0 atom stereocenters. The number of anilines is 1. The lowest BCUT2D eigenvalue weighted by molar-refractivity contribution is 0.423. The summed E-state index contributed by atoms with van der Waals surface area (Å²) >= 11 is 5.64. The van der Waals surface area contributed by atoms with Gasteiger partial charge in [-0.2, -0.15) is 4.31 Å². The lowest BCUT2D eigenvalue weighted by atomic mass is 10.2. The maximum Gasteiger partial charge on any atom is 0.246 e. The largest absolute Gasteiger partial charge is 0.399 e. The summed E-state index contributed by atoms with van der Waals surface area (Å²) in [4.78, 5) is -0.466. The third-order valence-electron chi connectivity index (χ3n) is 2.93. The van der Waals surface area contributed by atoms with Crippen molar-refractivity contribution < 1.29 is 12.8 Å². The van der Waals surface area contributed by atoms with Crippen LogP contribution in [0.5, 0.6) is 0 Å². The average molecular weight is 305 g/mol. The molecule has 0 spiro atoms. The van der Waals surface area contributed by atoms with Crippen LogP contribution >= 0.6 is 11.6 Å². The number of nitrogens with two attached hydrogens (primary N) is 1. The summed E-state index contributed by atoms with van der Waals surface area (Å²) in [5.41, 5.74) is 6.59. The summed E-state index contributed by atoms with van der Waals surface area (Å²) < 4.78 is 40.0. The Hall–Kier alpha value is -1.11. The van der Waals surface area contributed by atoms with Crippen molar-refractivity contribution in [3.05, 3.63) is 34.6 Å². The molecule has 104 valence electrons. The number of hydrogen-bond acceptors (Lipinski definition) is 3. The first-order valence-electron chi connectivity index (χ1n) is 5.72. The molecule has 0 bridgehead atoms. The van der Waals surface area contributed by atoms with Crippen molar-refractivity contribution in [1.29, 1.82) is 0 Å². The van der Waals surface area contributed by atoms with Gasteiger partial charge in [-0.05, 0) is 25.5 Å². The molecule has 1 aromatic carbocycles. The number of nitrogen functional groups attached to an aromatic ring is 1. The number of sulfonamides is 1. The lowest BCUT2D eigenvalue weighted by Crippen LogP contribution is -2.35. The van der Waals surface area contributed by atoms with E-state index in [1.165, 1.54) is 10.4 Å². The molecule has 0 radical (unpaired) electrons. The maximum absolute atomic E-state index is 13.9. The Morgan fingerprint density at radius 1 is 1.42 bits per heavy atom. The van der Waals surface area contributed by atoms with E-state index < -0.39 is 20.7 Å². The summed E-state index contributed by atoms with van der Waals surface area (Å²) in [7, 11) is -3.92. The minimum atomic E-state index is -3.92. The highest BCUT2D eigenvalue weighted by Gasteiger charge is 2.30. The van der Waals surface area contributed by atoms with Crippen LogP contribution in [0.1, 0.15) is 13.3 Å². The summed E-state index contributed by atoms with van der Waals surface area (Å²) in [6, 6.07) is 2.29. The molecule has 1 aliphatic rings. The number of nitrogens with zero attached hydrogens (tertiary/aromatic N) is 1. The van der Waals surface area contributed by atoms with E-state index in [4.69, 9.17) is 17.3 Å². The molecule has 2 rings (SSSR count). The highest BCUT2D eigenvalue weighted by molar-refractivity contribution is 7.89. The van der Waals surface area contributed by atoms with Gasteiger partial charge in [0, 0.05) is 18.8 Å². The predicted molar refractivity (Wildman–Crippen MR) is 73.0 cm³/mol. The third kappa shape index (κ3) is 2.75. The van der Waals surface area contributed by atoms with E-state index in [9.17, 15) is 12.8 Å². The van der Waals surface area contributed by atoms with Gasteiger partial charge in [-0.15, -0.1) is 0 Å². The van der Waals surface area contributed by atoms with Crippen LogP contribution in [-0.2, 0) is 10.0 Å². The van der Waals surface area contributed by atoms with Crippen LogP contribution in [0.4, 0.5) is 10.1 Å². The first-order chi connectivity index (χ1) is 8.82. The van der Waals surface area contributed by atoms with E-state index in [0.717, 1.165) is 11.6 Å². The summed E-state index contributed by atoms with van der Waals surface area (Å²) in [6.07, 6.45) is 2.58. The zero-order chi connectivity index (χ0) is 14.2. The molecule has 0 aliphatic carbocycles. The van der Waals surface area contributed by atoms with Gasteiger partial charge in [0.05, 0.1) is 5.02 Å². The monoisotopic (exact) mass is 304 g/mol. The van der Waals surface area contributed by atoms with Gasteiger partial charge >= 0.3 is 0 Å². The van der Waals surface area contributed by atoms with E-state index >= 15 is 0 Å². The Bertz CT molecular complexity index is 643. The smallest absolute Gasteiger partial charge is 0.246 e. The third-order valence-corrected chi connectivity index (χ3v) is 5.05. The zero-order valence-electron chi connectivity index (χ0n) is 10.4. The second kappa shape index (κ2) is 5.11. The Morgan fingerprint density at radius 2 is 2.11 bits per heavy atom. The van der Waals surface area contributed by atoms with Gasteiger partial charge < -0.3 is 5.73 Å². The Kier molecular flexibility index (Phi) is 3.85. The van der Waals surface area contributed by atoms with Crippen molar-refractivity contribution in [2.24, 2.45) is 0 Å². The molecule has 2 N–H and O–H groups in total. The van der Waals surface area contributed by atoms with Gasteiger partial charge in [-0.3, -0.25) is 0 Å². The Labute approximate surface area is 116 Å². The lowest BCUT2D eigenvalue weighted by Gasteiger charge is -2.25. The van der Waals surface area contributed by atoms with Crippen LogP contribution in [0.2, 0.25) is 5.02 Å². The fourth-order valence-electron chi connectivity index (χ4n) is 1.99. The molecule has 0 fully saturated rings. The second-order valence-corrected chi connectivity index (χ2v) is 6.81. The molecule has 7 heteroatoms. The maximum atomic E-state index is 13.9. The summed E-state index contributed by atoms with van der Waals surface area (Å²) in [6.45, 7) is 2.42. The van der Waals surface area contributed by atoms with Gasteiger partial charge in [0.25, 0.3) is 0 Å². The van der Waals surface area contributed by atoms with Gasteiger partial charge in [0.1, 0.15) is 4.90 Å². The molecule has 0 saturated heterocycles. The number of hydrogen-bond donors (Lipinski definition) is 1. The SMILES string of the molecule is CC1=CCCN(S(=O)(=O)c2cc(N)cc(Cl)c2F)C1. The quantitative estimate of drug-likeness (QED) is 0.674. The van der Waals surface area contributed by atoms with Gasteiger partial charge in [-0.1, -0.05) is 23.3 Å². The van der Waals surface area contributed by atoms with Crippen LogP contribution in [0.25, 0.3) is 0 Å². The number of halogens is 2. The predicted octanol–water partition coefficient (Wildman–Crippen LogP) is 2.40. The van der Waals surface area contributed by atoms with Crippen LogP contribution in [0.15, 0.2) is 28.7 Å². The van der Waals surface area contributed by atoms with Crippen molar-refractivity contribution in [2.45, 2.75) is 18.2 Å². The molecule has 1 heterocycles. The molecule has 0 saturated carbocycles. The van der Waals surface area contributed by atoms with E-state index in [1.807, 2.05) is 13.0 Å². The van der Waals surface area contributed by atoms with Gasteiger partial charge in [0.15, 0.2) is 5.82 Å². The molecular formula is C12H14ClFN2O2S. The number of benzene rings is 1. The average Bonchev–Trinajstić information content (AvgIpc) is 2.33. The molecule has 1 aliphatic heterocycles. The van der Waals surface area contributed by atoms with E-state index in [0.29, 0.717) is 13.0 Å². The first-order valence-corrected chi connectivity index (χ1v) is 7.54. The summed E-state index contributed by atoms with van der Waals surface area (Å²) in [5, 5.41) is -0.289. The second-order valence-electron chi connectivity index (χ2n) is 4.49. The molecular weight excluding hydrogens is 291 g/mol. The molecule has 1 aromatic rings. The van der Waals surface area contributed by atoms with E-state index in [1.54, 1.807) is 0 Å². The van der Waals surface area contributed by atoms with E-state index in [-0.39, 0.29) is 17.3 Å². The van der Waals surface area contributed by atoms with Crippen LogP contribution in [-0.4, -0.2) is 25.8 Å². The van der Waals surface area contributed by atoms with Crippen molar-refractivity contribution >= 4 is 27.3 Å². The molecule has 0 amide bonds. The van der Waals surface area contributed by atoms with Gasteiger partial charge in [0.2, 0.25) is 10.0 Å². The highest BCUT2D eigenvalue weighted by atomic mass is 35.5. The fraction of sp³-hybridized carbons (Fsp3) is 0.333. The van der Waals surface area contributed by atoms with Crippen molar-refractivity contribution in [3.8, 4) is 0 Å². The highest BCUT2D eigenvalue weighted by Crippen LogP contribution is 2.29. The Balaban J connectivity index is 2.48. The molecule has 0 aromatic heterocycles. The first kappa shape index (κ1) is 14.3. The van der Waals surface area contributed by atoms with Crippen molar-refractivity contribution in [3.63, 3.8) is 0 Å². The molecule has 19 heavy (non-hydrogen) atoms. The standard InChI is InChI=1S/C12H14ClFN2O2S/c1-8-3-2-4-16(7-8)19(17,18)11-6-9(15)5-10(13)12(11)14/h3,5-6H,2,4,7,15H2,1H3. The van der Waals surface area contributed by atoms with Crippen LogP contribution < -0.4 is 5.73 Å². The van der Waals surface area contributed by atoms with Crippen LogP contribution in [0, 0.1) is 5.82 Å².